The molecule has 0 atom stereocenters. The van der Waals surface area contributed by atoms with Crippen molar-refractivity contribution in [3.63, 3.8) is 0 Å². The maximum absolute atomic E-state index is 12.1. The van der Waals surface area contributed by atoms with E-state index in [0.29, 0.717) is 11.4 Å². The first-order valence-electron chi connectivity index (χ1n) is 6.88. The fourth-order valence-corrected chi connectivity index (χ4v) is 1.83. The molecule has 117 valence electrons. The Morgan fingerprint density at radius 1 is 1.09 bits per heavy atom. The van der Waals surface area contributed by atoms with Gasteiger partial charge in [-0.1, -0.05) is 24.3 Å². The van der Waals surface area contributed by atoms with Gasteiger partial charge in [-0.05, 0) is 24.3 Å². The van der Waals surface area contributed by atoms with E-state index in [2.05, 4.69) is 15.7 Å². The van der Waals surface area contributed by atoms with E-state index in [4.69, 9.17) is 0 Å². The number of hydrogen-bond donors (Lipinski definition) is 2. The van der Waals surface area contributed by atoms with Crippen LogP contribution in [-0.4, -0.2) is 29.8 Å². The van der Waals surface area contributed by atoms with Crippen LogP contribution in [0.1, 0.15) is 5.69 Å². The summed E-state index contributed by atoms with van der Waals surface area (Å²) >= 11 is 0. The predicted molar refractivity (Wildman–Crippen MR) is 84.1 cm³/mol. The number of nitrogens with zero attached hydrogens (tertiary/aromatic N) is 2. The van der Waals surface area contributed by atoms with Gasteiger partial charge in [0.25, 0.3) is 0 Å². The van der Waals surface area contributed by atoms with E-state index in [1.165, 1.54) is 0 Å². The van der Waals surface area contributed by atoms with E-state index in [-0.39, 0.29) is 13.0 Å². The smallest absolute Gasteiger partial charge is 0.329 e. The number of aromatic nitrogens is 1. The minimum Gasteiger partial charge on any atom is -0.329 e. The monoisotopic (exact) mass is 311 g/mol. The zero-order valence-corrected chi connectivity index (χ0v) is 12.2. The Kier molecular flexibility index (Phi) is 5.81. The minimum absolute atomic E-state index is 0.0251. The maximum Gasteiger partial charge on any atom is 0.341 e. The second-order valence-corrected chi connectivity index (χ2v) is 4.51. The molecule has 0 unspecified atom stereocenters. The third-order valence-electron chi connectivity index (χ3n) is 2.83. The number of pyridine rings is 1. The Bertz CT molecular complexity index is 662. The van der Waals surface area contributed by atoms with Gasteiger partial charge in [-0.3, -0.25) is 20.0 Å². The third kappa shape index (κ3) is 4.92. The molecule has 0 saturated carbocycles. The number of carbonyl (C=O) groups is 2. The average Bonchev–Trinajstić information content (AvgIpc) is 2.59. The van der Waals surface area contributed by atoms with E-state index < -0.39 is 11.9 Å². The number of urea groups is 1. The molecule has 0 aliphatic carbocycles. The molecule has 23 heavy (non-hydrogen) atoms. The zero-order valence-electron chi connectivity index (χ0n) is 12.2. The number of hydrogen-bond acceptors (Lipinski definition) is 4. The topological polar surface area (TPSA) is 91.4 Å². The molecule has 0 aliphatic rings. The van der Waals surface area contributed by atoms with Crippen LogP contribution in [0.4, 0.5) is 10.5 Å². The molecule has 1 aromatic carbocycles. The van der Waals surface area contributed by atoms with Crippen LogP contribution in [0.5, 0.6) is 0 Å². The maximum atomic E-state index is 12.1. The van der Waals surface area contributed by atoms with Crippen LogP contribution in [0, 0.1) is 0 Å². The largest absolute Gasteiger partial charge is 0.341 e. The summed E-state index contributed by atoms with van der Waals surface area (Å²) in [6.45, 7) is -0.266. The summed E-state index contributed by atoms with van der Waals surface area (Å²) < 4.78 is 0. The molecule has 2 aromatic rings. The van der Waals surface area contributed by atoms with Crippen LogP contribution in [0.25, 0.3) is 0 Å². The van der Waals surface area contributed by atoms with Crippen molar-refractivity contribution in [3.8, 4) is 0 Å². The van der Waals surface area contributed by atoms with Crippen LogP contribution in [0.3, 0.4) is 0 Å². The molecule has 7 heteroatoms. The van der Waals surface area contributed by atoms with E-state index in [1.807, 2.05) is 0 Å². The van der Waals surface area contributed by atoms with E-state index >= 15 is 0 Å². The quantitative estimate of drug-likeness (QED) is 0.805. The van der Waals surface area contributed by atoms with Crippen molar-refractivity contribution in [2.24, 2.45) is 0 Å². The second-order valence-electron chi connectivity index (χ2n) is 4.51. The van der Waals surface area contributed by atoms with Crippen molar-refractivity contribution < 1.29 is 14.4 Å². The molecular formula is C16H15N4O3. The van der Waals surface area contributed by atoms with Crippen LogP contribution in [-0.2, 0) is 16.0 Å². The van der Waals surface area contributed by atoms with Crippen molar-refractivity contribution in [3.05, 3.63) is 60.4 Å². The third-order valence-corrected chi connectivity index (χ3v) is 2.83. The number of anilines is 1. The molecule has 2 N–H and O–H groups in total. The molecule has 0 fully saturated rings. The number of benzene rings is 1. The number of nitrogens with one attached hydrogen (secondary N) is 2. The molecular weight excluding hydrogens is 296 g/mol. The highest BCUT2D eigenvalue weighted by Crippen LogP contribution is 2.11. The van der Waals surface area contributed by atoms with Gasteiger partial charge in [0.2, 0.25) is 12.2 Å². The van der Waals surface area contributed by atoms with E-state index in [0.717, 1.165) is 5.01 Å². The minimum atomic E-state index is -0.631. The highest BCUT2D eigenvalue weighted by Gasteiger charge is 2.18. The van der Waals surface area contributed by atoms with Crippen molar-refractivity contribution in [1.82, 2.24) is 15.7 Å². The van der Waals surface area contributed by atoms with Gasteiger partial charge in [-0.15, -0.1) is 0 Å². The lowest BCUT2D eigenvalue weighted by Crippen LogP contribution is -2.51. The number of carbonyl (C=O) groups excluding carboxylic acids is 3. The molecule has 3 amide bonds. The highest BCUT2D eigenvalue weighted by molar-refractivity contribution is 5.96. The number of hydrazine groups is 1. The van der Waals surface area contributed by atoms with Crippen molar-refractivity contribution in [2.45, 2.75) is 6.42 Å². The molecule has 0 aliphatic heterocycles. The predicted octanol–water partition coefficient (Wildman–Crippen LogP) is 0.981. The molecule has 1 radical (unpaired) electrons. The molecule has 7 nitrogen and oxygen atoms in total. The Morgan fingerprint density at radius 2 is 1.83 bits per heavy atom. The lowest BCUT2D eigenvalue weighted by molar-refractivity contribution is -0.120. The van der Waals surface area contributed by atoms with Gasteiger partial charge in [0, 0.05) is 11.9 Å². The Balaban J connectivity index is 2.09. The van der Waals surface area contributed by atoms with Gasteiger partial charge < -0.3 is 5.32 Å². The van der Waals surface area contributed by atoms with E-state index in [1.54, 1.807) is 61.0 Å². The Morgan fingerprint density at radius 3 is 2.48 bits per heavy atom. The Labute approximate surface area is 133 Å². The number of para-hydroxylation sites is 1. The van der Waals surface area contributed by atoms with Gasteiger partial charge in [0.15, 0.2) is 0 Å². The Hall–Kier alpha value is -3.22. The summed E-state index contributed by atoms with van der Waals surface area (Å²) in [6.07, 6.45) is 3.18. The van der Waals surface area contributed by atoms with Gasteiger partial charge in [-0.2, -0.15) is 0 Å². The fraction of sp³-hybridized carbons (Fsp3) is 0.125. The summed E-state index contributed by atoms with van der Waals surface area (Å²) in [6, 6.07) is 13.2. The lowest BCUT2D eigenvalue weighted by atomic mass is 10.2. The van der Waals surface area contributed by atoms with E-state index in [9.17, 15) is 14.4 Å². The standard InChI is InChI=1S/C16H15N4O3/c21-11-10-18-16(23)20(14-7-2-1-3-8-14)19-15(22)12-13-6-4-5-9-17-13/h1-9H,10,12H2,(H,18,23)(H,19,22). The van der Waals surface area contributed by atoms with Crippen molar-refractivity contribution in [2.75, 3.05) is 11.6 Å². The first kappa shape index (κ1) is 16.2. The van der Waals surface area contributed by atoms with Crippen LogP contribution in [0.2, 0.25) is 0 Å². The van der Waals surface area contributed by atoms with Gasteiger partial charge in [0.1, 0.15) is 0 Å². The molecule has 0 bridgehead atoms. The first-order valence-corrected chi connectivity index (χ1v) is 6.88. The SMILES string of the molecule is O=[C]CNC(=O)N(NC(=O)Cc1ccccn1)c1ccccc1. The first-order chi connectivity index (χ1) is 11.2. The average molecular weight is 311 g/mol. The normalized spacial score (nSPS) is 9.74. The molecule has 0 saturated heterocycles. The van der Waals surface area contributed by atoms with Gasteiger partial charge in [0.05, 0.1) is 18.7 Å². The summed E-state index contributed by atoms with van der Waals surface area (Å²) in [4.78, 5) is 38.6. The van der Waals surface area contributed by atoms with Gasteiger partial charge >= 0.3 is 6.03 Å². The highest BCUT2D eigenvalue weighted by atomic mass is 16.2. The number of amides is 3. The molecule has 0 spiro atoms. The second kappa shape index (κ2) is 8.28. The summed E-state index contributed by atoms with van der Waals surface area (Å²) in [7, 11) is 0. The number of rotatable bonds is 5. The molecule has 1 aromatic heterocycles. The lowest BCUT2D eigenvalue weighted by Gasteiger charge is -2.23. The zero-order chi connectivity index (χ0) is 16.5. The van der Waals surface area contributed by atoms with Crippen LogP contribution < -0.4 is 15.8 Å². The summed E-state index contributed by atoms with van der Waals surface area (Å²) in [5.41, 5.74) is 3.55. The van der Waals surface area contributed by atoms with Crippen LogP contribution >= 0.6 is 0 Å². The van der Waals surface area contributed by atoms with Crippen LogP contribution in [0.15, 0.2) is 54.7 Å². The molecule has 2 rings (SSSR count). The molecule has 1 heterocycles. The summed E-state index contributed by atoms with van der Waals surface area (Å²) in [5, 5.41) is 3.38. The van der Waals surface area contributed by atoms with Crippen molar-refractivity contribution in [1.29, 1.82) is 0 Å². The fourth-order valence-electron chi connectivity index (χ4n) is 1.83. The van der Waals surface area contributed by atoms with Gasteiger partial charge in [-0.25, -0.2) is 9.80 Å². The van der Waals surface area contributed by atoms with Crippen molar-refractivity contribution >= 4 is 23.9 Å². The summed E-state index contributed by atoms with van der Waals surface area (Å²) in [5.74, 6) is -0.405.